The summed E-state index contributed by atoms with van der Waals surface area (Å²) in [6.07, 6.45) is 0. The molecule has 1 amide bonds. The third kappa shape index (κ3) is 3.11. The number of rotatable bonds is 4. The van der Waals surface area contributed by atoms with Gasteiger partial charge in [-0.25, -0.2) is 0 Å². The predicted octanol–water partition coefficient (Wildman–Crippen LogP) is 2.87. The predicted molar refractivity (Wildman–Crippen MR) is 79.4 cm³/mol. The SMILES string of the molecule is CC(C)(CNC(=O)c1ccc(O)c(O)c1)c1cccs1. The first-order chi connectivity index (χ1) is 9.40. The molecule has 0 saturated carbocycles. The van der Waals surface area contributed by atoms with Gasteiger partial charge in [0.05, 0.1) is 0 Å². The molecule has 0 atom stereocenters. The van der Waals surface area contributed by atoms with Crippen LogP contribution in [0.25, 0.3) is 0 Å². The van der Waals surface area contributed by atoms with Gasteiger partial charge in [0.25, 0.3) is 5.91 Å². The van der Waals surface area contributed by atoms with Gasteiger partial charge < -0.3 is 15.5 Å². The van der Waals surface area contributed by atoms with E-state index in [2.05, 4.69) is 19.2 Å². The minimum atomic E-state index is -0.296. The molecule has 0 aliphatic rings. The van der Waals surface area contributed by atoms with Crippen LogP contribution in [0.5, 0.6) is 11.5 Å². The van der Waals surface area contributed by atoms with Crippen molar-refractivity contribution in [2.24, 2.45) is 0 Å². The summed E-state index contributed by atoms with van der Waals surface area (Å²) >= 11 is 1.66. The smallest absolute Gasteiger partial charge is 0.251 e. The maximum absolute atomic E-state index is 12.0. The highest BCUT2D eigenvalue weighted by molar-refractivity contribution is 7.10. The summed E-state index contributed by atoms with van der Waals surface area (Å²) in [4.78, 5) is 13.2. The summed E-state index contributed by atoms with van der Waals surface area (Å²) in [5.74, 6) is -0.805. The Bertz CT molecular complexity index is 606. The van der Waals surface area contributed by atoms with Crippen molar-refractivity contribution in [2.75, 3.05) is 6.54 Å². The number of aromatic hydroxyl groups is 2. The first-order valence-corrected chi connectivity index (χ1v) is 7.12. The summed E-state index contributed by atoms with van der Waals surface area (Å²) in [5, 5.41) is 23.5. The Balaban J connectivity index is 2.03. The molecule has 5 heteroatoms. The van der Waals surface area contributed by atoms with Crippen molar-refractivity contribution in [1.29, 1.82) is 0 Å². The molecular weight excluding hydrogens is 274 g/mol. The number of benzene rings is 1. The summed E-state index contributed by atoms with van der Waals surface area (Å²) in [6, 6.07) is 8.06. The van der Waals surface area contributed by atoms with Crippen LogP contribution in [0.3, 0.4) is 0 Å². The fourth-order valence-electron chi connectivity index (χ4n) is 1.82. The van der Waals surface area contributed by atoms with Gasteiger partial charge in [0.1, 0.15) is 0 Å². The summed E-state index contributed by atoms with van der Waals surface area (Å²) in [7, 11) is 0. The van der Waals surface area contributed by atoms with Gasteiger partial charge >= 0.3 is 0 Å². The van der Waals surface area contributed by atoms with Crippen LogP contribution in [0.4, 0.5) is 0 Å². The zero-order valence-electron chi connectivity index (χ0n) is 11.4. The second-order valence-corrected chi connectivity index (χ2v) is 6.20. The fraction of sp³-hybridized carbons (Fsp3) is 0.267. The molecule has 0 bridgehead atoms. The second-order valence-electron chi connectivity index (χ2n) is 5.25. The zero-order chi connectivity index (χ0) is 14.8. The molecular formula is C15H17NO3S. The zero-order valence-corrected chi connectivity index (χ0v) is 12.2. The quantitative estimate of drug-likeness (QED) is 0.759. The number of amides is 1. The van der Waals surface area contributed by atoms with E-state index in [1.807, 2.05) is 17.5 Å². The number of phenols is 2. The van der Waals surface area contributed by atoms with Gasteiger partial charge in [-0.15, -0.1) is 11.3 Å². The summed E-state index contributed by atoms with van der Waals surface area (Å²) in [5.41, 5.74) is 0.172. The normalized spacial score (nSPS) is 11.3. The third-order valence-corrected chi connectivity index (χ3v) is 4.35. The van der Waals surface area contributed by atoms with E-state index in [0.29, 0.717) is 12.1 Å². The minimum absolute atomic E-state index is 0.150. The van der Waals surface area contributed by atoms with Crippen LogP contribution in [0.1, 0.15) is 29.1 Å². The molecule has 0 fully saturated rings. The Hall–Kier alpha value is -2.01. The topological polar surface area (TPSA) is 69.6 Å². The van der Waals surface area contributed by atoms with Crippen LogP contribution in [0.15, 0.2) is 35.7 Å². The molecule has 0 aliphatic carbocycles. The van der Waals surface area contributed by atoms with Crippen LogP contribution >= 0.6 is 11.3 Å². The minimum Gasteiger partial charge on any atom is -0.504 e. The van der Waals surface area contributed by atoms with Crippen LogP contribution in [0, 0.1) is 0 Å². The molecule has 1 aromatic carbocycles. The van der Waals surface area contributed by atoms with Crippen LogP contribution < -0.4 is 5.32 Å². The number of carbonyl (C=O) groups is 1. The van der Waals surface area contributed by atoms with Crippen molar-refractivity contribution in [2.45, 2.75) is 19.3 Å². The second kappa shape index (κ2) is 5.54. The van der Waals surface area contributed by atoms with E-state index < -0.39 is 0 Å². The molecule has 1 aromatic heterocycles. The Kier molecular flexibility index (Phi) is 3.99. The molecule has 0 unspecified atom stereocenters. The molecule has 4 nitrogen and oxygen atoms in total. The van der Waals surface area contributed by atoms with Gasteiger partial charge in [0, 0.05) is 22.4 Å². The van der Waals surface area contributed by atoms with Crippen LogP contribution in [0.2, 0.25) is 0 Å². The highest BCUT2D eigenvalue weighted by Crippen LogP contribution is 2.27. The Morgan fingerprint density at radius 3 is 2.60 bits per heavy atom. The molecule has 3 N–H and O–H groups in total. The van der Waals surface area contributed by atoms with E-state index in [1.165, 1.54) is 23.1 Å². The van der Waals surface area contributed by atoms with Crippen LogP contribution in [-0.4, -0.2) is 22.7 Å². The lowest BCUT2D eigenvalue weighted by Gasteiger charge is -2.23. The van der Waals surface area contributed by atoms with Crippen molar-refractivity contribution < 1.29 is 15.0 Å². The van der Waals surface area contributed by atoms with Gasteiger partial charge in [-0.1, -0.05) is 19.9 Å². The maximum Gasteiger partial charge on any atom is 0.251 e. The maximum atomic E-state index is 12.0. The molecule has 0 spiro atoms. The largest absolute Gasteiger partial charge is 0.504 e. The standard InChI is InChI=1S/C15H17NO3S/c1-15(2,13-4-3-7-20-13)9-16-14(19)10-5-6-11(17)12(18)8-10/h3-8,17-18H,9H2,1-2H3,(H,16,19). The van der Waals surface area contributed by atoms with E-state index in [1.54, 1.807) is 11.3 Å². The molecule has 2 aromatic rings. The first-order valence-electron chi connectivity index (χ1n) is 6.24. The van der Waals surface area contributed by atoms with Gasteiger partial charge in [0.2, 0.25) is 0 Å². The highest BCUT2D eigenvalue weighted by Gasteiger charge is 2.22. The molecule has 106 valence electrons. The average molecular weight is 291 g/mol. The average Bonchev–Trinajstić information content (AvgIpc) is 2.94. The van der Waals surface area contributed by atoms with E-state index >= 15 is 0 Å². The lowest BCUT2D eigenvalue weighted by molar-refractivity contribution is 0.0945. The molecule has 20 heavy (non-hydrogen) atoms. The van der Waals surface area contributed by atoms with Gasteiger partial charge in [-0.05, 0) is 29.6 Å². The molecule has 2 rings (SSSR count). The fourth-order valence-corrected chi connectivity index (χ4v) is 2.67. The Morgan fingerprint density at radius 1 is 1.25 bits per heavy atom. The number of phenolic OH excluding ortho intramolecular Hbond substituents is 2. The highest BCUT2D eigenvalue weighted by atomic mass is 32.1. The number of hydrogen-bond acceptors (Lipinski definition) is 4. The third-order valence-electron chi connectivity index (χ3n) is 3.12. The molecule has 0 radical (unpaired) electrons. The lowest BCUT2D eigenvalue weighted by Crippen LogP contribution is -2.36. The van der Waals surface area contributed by atoms with Gasteiger partial charge in [-0.2, -0.15) is 0 Å². The summed E-state index contributed by atoms with van der Waals surface area (Å²) in [6.45, 7) is 4.62. The van der Waals surface area contributed by atoms with Gasteiger partial charge in [-0.3, -0.25) is 4.79 Å². The van der Waals surface area contributed by atoms with Crippen molar-refractivity contribution in [3.8, 4) is 11.5 Å². The van der Waals surface area contributed by atoms with E-state index in [-0.39, 0.29) is 22.8 Å². The lowest BCUT2D eigenvalue weighted by atomic mass is 9.91. The number of thiophene rings is 1. The Labute approximate surface area is 121 Å². The molecule has 0 saturated heterocycles. The van der Waals surface area contributed by atoms with E-state index in [4.69, 9.17) is 0 Å². The molecule has 0 aliphatic heterocycles. The van der Waals surface area contributed by atoms with E-state index in [0.717, 1.165) is 0 Å². The van der Waals surface area contributed by atoms with Crippen molar-refractivity contribution in [3.05, 3.63) is 46.2 Å². The van der Waals surface area contributed by atoms with Crippen molar-refractivity contribution in [1.82, 2.24) is 5.32 Å². The number of hydrogen-bond donors (Lipinski definition) is 3. The van der Waals surface area contributed by atoms with Crippen molar-refractivity contribution >= 4 is 17.2 Å². The number of nitrogens with one attached hydrogen (secondary N) is 1. The van der Waals surface area contributed by atoms with Gasteiger partial charge in [0.15, 0.2) is 11.5 Å². The van der Waals surface area contributed by atoms with E-state index in [9.17, 15) is 15.0 Å². The van der Waals surface area contributed by atoms with Crippen LogP contribution in [-0.2, 0) is 5.41 Å². The molecule has 1 heterocycles. The monoisotopic (exact) mass is 291 g/mol. The first kappa shape index (κ1) is 14.4. The number of carbonyl (C=O) groups excluding carboxylic acids is 1. The van der Waals surface area contributed by atoms with Crippen molar-refractivity contribution in [3.63, 3.8) is 0 Å². The summed E-state index contributed by atoms with van der Waals surface area (Å²) < 4.78 is 0. The Morgan fingerprint density at radius 2 is 2.00 bits per heavy atom.